The smallest absolute Gasteiger partial charge is 0.197 e. The molecule has 0 aromatic heterocycles. The molecule has 0 bridgehead atoms. The first-order chi connectivity index (χ1) is 11.6. The highest BCUT2D eigenvalue weighted by Gasteiger charge is 2.32. The first kappa shape index (κ1) is 16.7. The van der Waals surface area contributed by atoms with Crippen molar-refractivity contribution in [2.45, 2.75) is 6.92 Å². The molecule has 0 atom stereocenters. The van der Waals surface area contributed by atoms with E-state index in [9.17, 15) is 9.59 Å². The molecule has 4 nitrogen and oxygen atoms in total. The Balaban J connectivity index is 2.07. The molecule has 2 aromatic rings. The fraction of sp³-hybridized carbons (Fsp3) is 0.158. The van der Waals surface area contributed by atoms with Gasteiger partial charge < -0.3 is 9.47 Å². The highest BCUT2D eigenvalue weighted by atomic mass is 127. The third-order valence-electron chi connectivity index (χ3n) is 3.75. The molecular formula is C19H15IO4. The van der Waals surface area contributed by atoms with Crippen LogP contribution in [0.15, 0.2) is 42.0 Å². The number of allylic oxidation sites excluding steroid dienone is 1. The van der Waals surface area contributed by atoms with Gasteiger partial charge in [0.1, 0.15) is 0 Å². The molecule has 5 heteroatoms. The van der Waals surface area contributed by atoms with Gasteiger partial charge in [0.05, 0.1) is 22.9 Å². The first-order valence-electron chi connectivity index (χ1n) is 7.47. The van der Waals surface area contributed by atoms with Crippen LogP contribution in [0, 0.1) is 3.57 Å². The van der Waals surface area contributed by atoms with E-state index in [1.165, 1.54) is 0 Å². The van der Waals surface area contributed by atoms with E-state index < -0.39 is 0 Å². The Morgan fingerprint density at radius 1 is 1.08 bits per heavy atom. The zero-order valence-corrected chi connectivity index (χ0v) is 15.4. The van der Waals surface area contributed by atoms with E-state index in [1.54, 1.807) is 43.5 Å². The summed E-state index contributed by atoms with van der Waals surface area (Å²) >= 11 is 2.14. The van der Waals surface area contributed by atoms with E-state index in [-0.39, 0.29) is 17.1 Å². The lowest BCUT2D eigenvalue weighted by Crippen LogP contribution is -2.01. The summed E-state index contributed by atoms with van der Waals surface area (Å²) in [5, 5.41) is 0. The van der Waals surface area contributed by atoms with Crippen molar-refractivity contribution in [1.82, 2.24) is 0 Å². The quantitative estimate of drug-likeness (QED) is 0.412. The number of hydrogen-bond acceptors (Lipinski definition) is 4. The van der Waals surface area contributed by atoms with Crippen molar-refractivity contribution in [2.24, 2.45) is 0 Å². The first-order valence-corrected chi connectivity index (χ1v) is 8.55. The van der Waals surface area contributed by atoms with Gasteiger partial charge in [-0.2, -0.15) is 0 Å². The van der Waals surface area contributed by atoms with Gasteiger partial charge in [0.15, 0.2) is 23.1 Å². The largest absolute Gasteiger partial charge is 0.492 e. The van der Waals surface area contributed by atoms with E-state index in [0.717, 1.165) is 9.13 Å². The summed E-state index contributed by atoms with van der Waals surface area (Å²) in [5.41, 5.74) is 1.83. The van der Waals surface area contributed by atoms with Crippen molar-refractivity contribution in [2.75, 3.05) is 13.7 Å². The monoisotopic (exact) mass is 434 g/mol. The number of methoxy groups -OCH3 is 1. The van der Waals surface area contributed by atoms with E-state index >= 15 is 0 Å². The molecule has 0 aliphatic heterocycles. The topological polar surface area (TPSA) is 52.6 Å². The van der Waals surface area contributed by atoms with Crippen LogP contribution < -0.4 is 9.47 Å². The molecule has 0 spiro atoms. The predicted molar refractivity (Wildman–Crippen MR) is 100.0 cm³/mol. The van der Waals surface area contributed by atoms with Crippen LogP contribution >= 0.6 is 22.6 Å². The maximum Gasteiger partial charge on any atom is 0.197 e. The number of carbonyl (C=O) groups excluding carboxylic acids is 2. The van der Waals surface area contributed by atoms with Crippen molar-refractivity contribution in [3.8, 4) is 11.5 Å². The van der Waals surface area contributed by atoms with Crippen molar-refractivity contribution >= 4 is 40.2 Å². The molecule has 2 aromatic carbocycles. The second-order valence-corrected chi connectivity index (χ2v) is 6.39. The SMILES string of the molecule is CCOc1cc(C=C2C(=O)c3ccccc3C2=O)cc(I)c1OC. The molecule has 0 saturated carbocycles. The van der Waals surface area contributed by atoms with E-state index in [4.69, 9.17) is 9.47 Å². The Bertz CT molecular complexity index is 831. The lowest BCUT2D eigenvalue weighted by molar-refractivity contribution is 0.0990. The summed E-state index contributed by atoms with van der Waals surface area (Å²) in [5.74, 6) is 0.764. The van der Waals surface area contributed by atoms with Gasteiger partial charge in [-0.15, -0.1) is 0 Å². The molecular weight excluding hydrogens is 419 g/mol. The molecule has 3 rings (SSSR count). The highest BCUT2D eigenvalue weighted by Crippen LogP contribution is 2.35. The summed E-state index contributed by atoms with van der Waals surface area (Å²) in [6, 6.07) is 10.5. The lowest BCUT2D eigenvalue weighted by Gasteiger charge is -2.12. The van der Waals surface area contributed by atoms with Crippen LogP contribution in [0.1, 0.15) is 33.2 Å². The Labute approximate surface area is 153 Å². The minimum absolute atomic E-state index is 0.180. The number of rotatable bonds is 4. The zero-order valence-electron chi connectivity index (χ0n) is 13.3. The van der Waals surface area contributed by atoms with Crippen LogP contribution in [0.2, 0.25) is 0 Å². The highest BCUT2D eigenvalue weighted by molar-refractivity contribution is 14.1. The van der Waals surface area contributed by atoms with E-state index in [0.29, 0.717) is 29.2 Å². The molecule has 0 fully saturated rings. The molecule has 0 N–H and O–H groups in total. The van der Waals surface area contributed by atoms with Gasteiger partial charge in [-0.1, -0.05) is 24.3 Å². The molecule has 24 heavy (non-hydrogen) atoms. The molecule has 0 heterocycles. The van der Waals surface area contributed by atoms with Crippen molar-refractivity contribution in [3.05, 3.63) is 62.2 Å². The number of Topliss-reactive ketones (excluding diaryl/α,β-unsaturated/α-hetero) is 2. The normalized spacial score (nSPS) is 13.0. The molecule has 0 saturated heterocycles. The average molecular weight is 434 g/mol. The Morgan fingerprint density at radius 3 is 2.25 bits per heavy atom. The van der Waals surface area contributed by atoms with Crippen LogP contribution in [0.4, 0.5) is 0 Å². The Morgan fingerprint density at radius 2 is 1.71 bits per heavy atom. The molecule has 1 aliphatic carbocycles. The second-order valence-electron chi connectivity index (χ2n) is 5.23. The fourth-order valence-corrected chi connectivity index (χ4v) is 3.55. The van der Waals surface area contributed by atoms with E-state index in [1.807, 2.05) is 13.0 Å². The van der Waals surface area contributed by atoms with Gasteiger partial charge in [-0.25, -0.2) is 0 Å². The molecule has 122 valence electrons. The van der Waals surface area contributed by atoms with E-state index in [2.05, 4.69) is 22.6 Å². The van der Waals surface area contributed by atoms with Crippen molar-refractivity contribution < 1.29 is 19.1 Å². The average Bonchev–Trinajstić information content (AvgIpc) is 2.81. The van der Waals surface area contributed by atoms with Crippen LogP contribution in [0.5, 0.6) is 11.5 Å². The maximum absolute atomic E-state index is 12.5. The maximum atomic E-state index is 12.5. The van der Waals surface area contributed by atoms with Gasteiger partial charge in [0.25, 0.3) is 0 Å². The van der Waals surface area contributed by atoms with Crippen LogP contribution in [-0.4, -0.2) is 25.3 Å². The number of ketones is 2. The second kappa shape index (κ2) is 6.76. The molecule has 0 unspecified atom stereocenters. The van der Waals surface area contributed by atoms with Crippen LogP contribution in [-0.2, 0) is 0 Å². The third-order valence-corrected chi connectivity index (χ3v) is 4.55. The predicted octanol–water partition coefficient (Wildman–Crippen LogP) is 4.16. The van der Waals surface area contributed by atoms with Gasteiger partial charge in [-0.05, 0) is 53.3 Å². The minimum Gasteiger partial charge on any atom is -0.492 e. The minimum atomic E-state index is -0.237. The van der Waals surface area contributed by atoms with Crippen LogP contribution in [0.3, 0.4) is 0 Å². The van der Waals surface area contributed by atoms with Crippen molar-refractivity contribution in [1.29, 1.82) is 0 Å². The number of benzene rings is 2. The standard InChI is InChI=1S/C19H15IO4/c1-3-24-16-10-11(9-15(20)19(16)23-2)8-14-17(21)12-6-4-5-7-13(12)18(14)22/h4-10H,3H2,1-2H3. The fourth-order valence-electron chi connectivity index (χ4n) is 2.70. The van der Waals surface area contributed by atoms with Gasteiger partial charge in [0.2, 0.25) is 0 Å². The van der Waals surface area contributed by atoms with Gasteiger partial charge in [0, 0.05) is 11.1 Å². The summed E-state index contributed by atoms with van der Waals surface area (Å²) < 4.78 is 11.8. The lowest BCUT2D eigenvalue weighted by atomic mass is 10.1. The summed E-state index contributed by atoms with van der Waals surface area (Å²) in [7, 11) is 1.58. The Hall–Kier alpha value is -2.15. The van der Waals surface area contributed by atoms with Crippen molar-refractivity contribution in [3.63, 3.8) is 0 Å². The Kier molecular flexibility index (Phi) is 4.71. The number of halogens is 1. The van der Waals surface area contributed by atoms with Crippen LogP contribution in [0.25, 0.3) is 6.08 Å². The number of hydrogen-bond donors (Lipinski definition) is 0. The third kappa shape index (κ3) is 2.84. The summed E-state index contributed by atoms with van der Waals surface area (Å²) in [4.78, 5) is 25.0. The number of ether oxygens (including phenoxy) is 2. The number of carbonyl (C=O) groups is 2. The van der Waals surface area contributed by atoms with Gasteiger partial charge in [-0.3, -0.25) is 9.59 Å². The molecule has 1 aliphatic rings. The molecule has 0 amide bonds. The van der Waals surface area contributed by atoms with Gasteiger partial charge >= 0.3 is 0 Å². The molecule has 0 radical (unpaired) electrons. The zero-order chi connectivity index (χ0) is 17.3. The summed E-state index contributed by atoms with van der Waals surface area (Å²) in [6.45, 7) is 2.38. The summed E-state index contributed by atoms with van der Waals surface area (Å²) in [6.07, 6.45) is 1.62. The number of fused-ring (bicyclic) bond motifs is 1.